The molecule has 2 aromatic carbocycles. The molecule has 8 nitrogen and oxygen atoms in total. The fraction of sp³-hybridized carbons (Fsp3) is 0.364. The Morgan fingerprint density at radius 2 is 1.71 bits per heavy atom. The van der Waals surface area contributed by atoms with Crippen molar-refractivity contribution >= 4 is 33.1 Å². The van der Waals surface area contributed by atoms with E-state index in [1.54, 1.807) is 24.3 Å². The number of esters is 1. The molecule has 1 aliphatic heterocycles. The first-order valence-corrected chi connectivity index (χ1v) is 11.8. The third-order valence-corrected chi connectivity index (χ3v) is 6.46. The zero-order chi connectivity index (χ0) is 22.6. The highest BCUT2D eigenvalue weighted by Crippen LogP contribution is 2.20. The van der Waals surface area contributed by atoms with Crippen molar-refractivity contribution in [2.45, 2.75) is 17.9 Å². The Hall–Kier alpha value is -2.91. The summed E-state index contributed by atoms with van der Waals surface area (Å²) >= 11 is 0. The van der Waals surface area contributed by atoms with Gasteiger partial charge in [-0.25, -0.2) is 13.2 Å². The largest absolute Gasteiger partial charge is 0.465 e. The maximum Gasteiger partial charge on any atom is 0.337 e. The van der Waals surface area contributed by atoms with Gasteiger partial charge in [0.05, 0.1) is 24.1 Å². The second kappa shape index (κ2) is 9.49. The van der Waals surface area contributed by atoms with Crippen LogP contribution in [0.4, 0.5) is 11.4 Å². The van der Waals surface area contributed by atoms with Crippen molar-refractivity contribution in [1.29, 1.82) is 0 Å². The number of hydrogen-bond acceptors (Lipinski definition) is 7. The minimum Gasteiger partial charge on any atom is -0.465 e. The first kappa shape index (κ1) is 22.8. The third-order valence-electron chi connectivity index (χ3n) is 5.33. The van der Waals surface area contributed by atoms with E-state index in [2.05, 4.69) is 22.0 Å². The summed E-state index contributed by atoms with van der Waals surface area (Å²) in [5.74, 6) is -0.503. The third kappa shape index (κ3) is 5.83. The van der Waals surface area contributed by atoms with Crippen molar-refractivity contribution in [3.05, 3.63) is 54.1 Å². The van der Waals surface area contributed by atoms with Crippen molar-refractivity contribution < 1.29 is 22.7 Å². The molecule has 0 spiro atoms. The van der Waals surface area contributed by atoms with Gasteiger partial charge in [-0.15, -0.1) is 0 Å². The maximum absolute atomic E-state index is 12.5. The summed E-state index contributed by atoms with van der Waals surface area (Å²) in [5.41, 5.74) is 2.10. The summed E-state index contributed by atoms with van der Waals surface area (Å²) in [4.78, 5) is 28.6. The van der Waals surface area contributed by atoms with Crippen LogP contribution in [0.25, 0.3) is 0 Å². The van der Waals surface area contributed by atoms with E-state index in [0.717, 1.165) is 31.6 Å². The van der Waals surface area contributed by atoms with Gasteiger partial charge in [-0.3, -0.25) is 9.69 Å². The lowest BCUT2D eigenvalue weighted by Gasteiger charge is -2.40. The molecule has 0 aromatic heterocycles. The predicted molar refractivity (Wildman–Crippen MR) is 119 cm³/mol. The number of carbonyl (C=O) groups excluding carboxylic acids is 2. The smallest absolute Gasteiger partial charge is 0.337 e. The van der Waals surface area contributed by atoms with Gasteiger partial charge >= 0.3 is 5.97 Å². The van der Waals surface area contributed by atoms with E-state index < -0.39 is 9.84 Å². The van der Waals surface area contributed by atoms with E-state index >= 15 is 0 Å². The van der Waals surface area contributed by atoms with Crippen molar-refractivity contribution in [3.63, 3.8) is 0 Å². The Labute approximate surface area is 182 Å². The van der Waals surface area contributed by atoms with Crippen molar-refractivity contribution in [3.8, 4) is 0 Å². The molecular formula is C22H27N3O5S. The van der Waals surface area contributed by atoms with E-state index in [0.29, 0.717) is 11.3 Å². The zero-order valence-corrected chi connectivity index (χ0v) is 18.7. The number of nitrogens with one attached hydrogen (secondary N) is 1. The van der Waals surface area contributed by atoms with Crippen LogP contribution >= 0.6 is 0 Å². The number of carbonyl (C=O) groups is 2. The maximum atomic E-state index is 12.5. The van der Waals surface area contributed by atoms with E-state index in [9.17, 15) is 18.0 Å². The molecule has 9 heteroatoms. The van der Waals surface area contributed by atoms with Crippen LogP contribution in [0.2, 0.25) is 0 Å². The molecule has 0 radical (unpaired) electrons. The normalized spacial score (nSPS) is 17.3. The van der Waals surface area contributed by atoms with Crippen LogP contribution in [0.3, 0.4) is 0 Å². The minimum absolute atomic E-state index is 0.144. The highest BCUT2D eigenvalue weighted by Gasteiger charge is 2.25. The number of methoxy groups -OCH3 is 1. The molecule has 1 heterocycles. The SMILES string of the molecule is COC(=O)c1ccc(N2CCN(CC(=O)Nc3ccc(S(C)(=O)=O)cc3)C(C)C2)cc1. The number of sulfone groups is 1. The van der Waals surface area contributed by atoms with Crippen LogP contribution < -0.4 is 10.2 Å². The van der Waals surface area contributed by atoms with Crippen LogP contribution in [0.15, 0.2) is 53.4 Å². The van der Waals surface area contributed by atoms with Gasteiger partial charge in [0, 0.05) is 43.3 Å². The zero-order valence-electron chi connectivity index (χ0n) is 17.9. The molecule has 1 aliphatic rings. The van der Waals surface area contributed by atoms with E-state index in [4.69, 9.17) is 4.74 Å². The number of amides is 1. The first-order valence-electron chi connectivity index (χ1n) is 9.94. The number of rotatable bonds is 6. The Morgan fingerprint density at radius 3 is 2.26 bits per heavy atom. The summed E-state index contributed by atoms with van der Waals surface area (Å²) in [5, 5.41) is 2.82. The molecule has 166 valence electrons. The van der Waals surface area contributed by atoms with Crippen LogP contribution in [0.5, 0.6) is 0 Å². The molecule has 3 rings (SSSR count). The molecule has 1 atom stereocenters. The molecule has 1 N–H and O–H groups in total. The Bertz CT molecular complexity index is 1040. The molecule has 1 fully saturated rings. The second-order valence-corrected chi connectivity index (χ2v) is 9.66. The summed E-state index contributed by atoms with van der Waals surface area (Å²) in [6.45, 7) is 4.57. The fourth-order valence-electron chi connectivity index (χ4n) is 3.56. The Balaban J connectivity index is 1.54. The predicted octanol–water partition coefficient (Wildman–Crippen LogP) is 2.03. The topological polar surface area (TPSA) is 96.0 Å². The van der Waals surface area contributed by atoms with Crippen LogP contribution in [0, 0.1) is 0 Å². The first-order chi connectivity index (χ1) is 14.7. The highest BCUT2D eigenvalue weighted by atomic mass is 32.2. The fourth-order valence-corrected chi connectivity index (χ4v) is 4.19. The second-order valence-electron chi connectivity index (χ2n) is 7.65. The van der Waals surface area contributed by atoms with Gasteiger partial charge in [0.15, 0.2) is 9.84 Å². The van der Waals surface area contributed by atoms with E-state index in [1.807, 2.05) is 12.1 Å². The van der Waals surface area contributed by atoms with Gasteiger partial charge in [-0.1, -0.05) is 0 Å². The number of benzene rings is 2. The van der Waals surface area contributed by atoms with Crippen LogP contribution in [-0.4, -0.2) is 70.8 Å². The van der Waals surface area contributed by atoms with Gasteiger partial charge in [0.1, 0.15) is 0 Å². The molecule has 0 saturated carbocycles. The standard InChI is InChI=1S/C22H27N3O5S/c1-16-14-25(19-8-4-17(5-9-19)22(27)30-2)13-12-24(16)15-21(26)23-18-6-10-20(11-7-18)31(3,28)29/h4-11,16H,12-15H2,1-3H3,(H,23,26). The molecule has 0 aliphatic carbocycles. The molecule has 2 aromatic rings. The Morgan fingerprint density at radius 1 is 1.06 bits per heavy atom. The number of ether oxygens (including phenoxy) is 1. The lowest BCUT2D eigenvalue weighted by atomic mass is 10.1. The molecular weight excluding hydrogens is 418 g/mol. The Kier molecular flexibility index (Phi) is 6.97. The van der Waals surface area contributed by atoms with Crippen molar-refractivity contribution in [2.24, 2.45) is 0 Å². The summed E-state index contributed by atoms with van der Waals surface area (Å²) in [7, 11) is -1.90. The molecule has 0 bridgehead atoms. The number of hydrogen-bond donors (Lipinski definition) is 1. The van der Waals surface area contributed by atoms with E-state index in [-0.39, 0.29) is 29.4 Å². The van der Waals surface area contributed by atoms with Gasteiger partial charge in [-0.2, -0.15) is 0 Å². The van der Waals surface area contributed by atoms with E-state index in [1.165, 1.54) is 19.2 Å². The van der Waals surface area contributed by atoms with Crippen molar-refractivity contribution in [1.82, 2.24) is 4.90 Å². The number of anilines is 2. The number of piperazine rings is 1. The van der Waals surface area contributed by atoms with Gasteiger partial charge in [0.2, 0.25) is 5.91 Å². The van der Waals surface area contributed by atoms with Crippen molar-refractivity contribution in [2.75, 3.05) is 49.8 Å². The summed E-state index contributed by atoms with van der Waals surface area (Å²) < 4.78 is 27.8. The number of nitrogens with zero attached hydrogens (tertiary/aromatic N) is 2. The molecule has 1 saturated heterocycles. The molecule has 1 unspecified atom stereocenters. The average molecular weight is 446 g/mol. The lowest BCUT2D eigenvalue weighted by molar-refractivity contribution is -0.117. The molecule has 31 heavy (non-hydrogen) atoms. The summed E-state index contributed by atoms with van der Waals surface area (Å²) in [6.07, 6.45) is 1.15. The minimum atomic E-state index is -3.26. The molecule has 1 amide bonds. The lowest BCUT2D eigenvalue weighted by Crippen LogP contribution is -2.53. The monoisotopic (exact) mass is 445 g/mol. The van der Waals surface area contributed by atoms with Gasteiger partial charge in [-0.05, 0) is 55.5 Å². The van der Waals surface area contributed by atoms with Crippen LogP contribution in [0.1, 0.15) is 17.3 Å². The van der Waals surface area contributed by atoms with Crippen LogP contribution in [-0.2, 0) is 19.4 Å². The quantitative estimate of drug-likeness (QED) is 0.680. The highest BCUT2D eigenvalue weighted by molar-refractivity contribution is 7.90. The average Bonchev–Trinajstić information content (AvgIpc) is 2.74. The van der Waals surface area contributed by atoms with Gasteiger partial charge in [0.25, 0.3) is 0 Å². The summed E-state index contributed by atoms with van der Waals surface area (Å²) in [6, 6.07) is 13.6. The van der Waals surface area contributed by atoms with Gasteiger partial charge < -0.3 is 15.0 Å².